The molecule has 0 heterocycles. The minimum atomic E-state index is -0.130. The Balaban J connectivity index is 1.62. The van der Waals surface area contributed by atoms with E-state index in [1.165, 1.54) is 11.1 Å². The highest BCUT2D eigenvalue weighted by molar-refractivity contribution is 5.69. The molecule has 0 amide bonds. The molecule has 0 radical (unpaired) electrons. The molecule has 0 nitrogen and oxygen atoms in total. The summed E-state index contributed by atoms with van der Waals surface area (Å²) >= 11 is 0. The summed E-state index contributed by atoms with van der Waals surface area (Å²) in [6, 6.07) is 24.4. The molecule has 1 unspecified atom stereocenters. The van der Waals surface area contributed by atoms with Gasteiger partial charge in [-0.2, -0.15) is 0 Å². The van der Waals surface area contributed by atoms with E-state index in [0.29, 0.717) is 12.3 Å². The van der Waals surface area contributed by atoms with Gasteiger partial charge in [0.1, 0.15) is 5.82 Å². The number of halogens is 1. The second-order valence-corrected chi connectivity index (χ2v) is 7.55. The molecule has 0 aliphatic rings. The van der Waals surface area contributed by atoms with Crippen LogP contribution >= 0.6 is 0 Å². The second-order valence-electron chi connectivity index (χ2n) is 7.55. The van der Waals surface area contributed by atoms with E-state index in [-0.39, 0.29) is 5.82 Å². The maximum Gasteiger partial charge on any atom is 0.127 e. The Morgan fingerprint density at radius 3 is 2.24 bits per heavy atom. The molecule has 0 N–H and O–H groups in total. The van der Waals surface area contributed by atoms with Gasteiger partial charge in [-0.05, 0) is 66.0 Å². The fourth-order valence-corrected chi connectivity index (χ4v) is 3.47. The Morgan fingerprint density at radius 1 is 0.862 bits per heavy atom. The lowest BCUT2D eigenvalue weighted by Crippen LogP contribution is -2.00. The molecule has 29 heavy (non-hydrogen) atoms. The molecule has 0 aliphatic carbocycles. The van der Waals surface area contributed by atoms with Crippen molar-refractivity contribution in [3.63, 3.8) is 0 Å². The van der Waals surface area contributed by atoms with Crippen molar-refractivity contribution in [3.8, 4) is 0 Å². The van der Waals surface area contributed by atoms with E-state index in [9.17, 15) is 4.39 Å². The van der Waals surface area contributed by atoms with E-state index in [0.717, 1.165) is 29.5 Å². The highest BCUT2D eigenvalue weighted by Gasteiger charge is 2.10. The van der Waals surface area contributed by atoms with Gasteiger partial charge in [0.15, 0.2) is 0 Å². The number of hydrogen-bond acceptors (Lipinski definition) is 0. The van der Waals surface area contributed by atoms with Gasteiger partial charge >= 0.3 is 0 Å². The van der Waals surface area contributed by atoms with Crippen LogP contribution in [0.5, 0.6) is 0 Å². The Bertz CT molecular complexity index is 949. The van der Waals surface area contributed by atoms with Gasteiger partial charge in [0.25, 0.3) is 0 Å². The van der Waals surface area contributed by atoms with Crippen molar-refractivity contribution >= 4 is 12.2 Å². The first-order chi connectivity index (χ1) is 14.2. The van der Waals surface area contributed by atoms with Crippen molar-refractivity contribution in [1.29, 1.82) is 0 Å². The molecule has 0 saturated carbocycles. The van der Waals surface area contributed by atoms with Gasteiger partial charge in [-0.15, -0.1) is 0 Å². The Hall–Kier alpha value is -2.93. The highest BCUT2D eigenvalue weighted by atomic mass is 19.1. The number of allylic oxidation sites excluding steroid dienone is 2. The van der Waals surface area contributed by atoms with Crippen LogP contribution in [-0.4, -0.2) is 0 Å². The standard InChI is InChI=1S/C28H29F/c1-3-4-6-9-23-12-14-24(15-13-23)16-17-25-18-19-27(28(29)21-25)20-22(2)26-10-7-5-8-11-26/h3-5,7-8,10-19,21-22H,6,9,20H2,1-2H3/b4-3+,17-16+. The first kappa shape index (κ1) is 20.8. The van der Waals surface area contributed by atoms with Crippen LogP contribution in [-0.2, 0) is 12.8 Å². The molecule has 0 fully saturated rings. The zero-order chi connectivity index (χ0) is 20.5. The van der Waals surface area contributed by atoms with Crippen LogP contribution in [0.4, 0.5) is 4.39 Å². The van der Waals surface area contributed by atoms with Crippen molar-refractivity contribution in [1.82, 2.24) is 0 Å². The number of hydrogen-bond donors (Lipinski definition) is 0. The van der Waals surface area contributed by atoms with Crippen molar-refractivity contribution in [3.05, 3.63) is 119 Å². The van der Waals surface area contributed by atoms with Crippen LogP contribution in [0.3, 0.4) is 0 Å². The van der Waals surface area contributed by atoms with Crippen molar-refractivity contribution in [2.24, 2.45) is 0 Å². The number of aryl methyl sites for hydroxylation is 1. The molecule has 1 heteroatoms. The number of benzene rings is 3. The van der Waals surface area contributed by atoms with Gasteiger partial charge < -0.3 is 0 Å². The second kappa shape index (κ2) is 10.6. The third kappa shape index (κ3) is 6.29. The molecular formula is C28H29F. The normalized spacial score (nSPS) is 12.7. The zero-order valence-corrected chi connectivity index (χ0v) is 17.3. The van der Waals surface area contributed by atoms with E-state index in [2.05, 4.69) is 55.5 Å². The van der Waals surface area contributed by atoms with Crippen LogP contribution in [0.1, 0.15) is 54.0 Å². The van der Waals surface area contributed by atoms with E-state index < -0.39 is 0 Å². The summed E-state index contributed by atoms with van der Waals surface area (Å²) in [5.74, 6) is 0.160. The third-order valence-electron chi connectivity index (χ3n) is 5.26. The van der Waals surface area contributed by atoms with Crippen molar-refractivity contribution in [2.45, 2.75) is 39.0 Å². The van der Waals surface area contributed by atoms with E-state index in [4.69, 9.17) is 0 Å². The maximum absolute atomic E-state index is 14.6. The lowest BCUT2D eigenvalue weighted by atomic mass is 9.93. The summed E-state index contributed by atoms with van der Waals surface area (Å²) in [6.07, 6.45) is 11.1. The van der Waals surface area contributed by atoms with Crippen LogP contribution in [0, 0.1) is 5.82 Å². The third-order valence-corrected chi connectivity index (χ3v) is 5.26. The zero-order valence-electron chi connectivity index (χ0n) is 17.3. The molecule has 3 aromatic carbocycles. The fraction of sp³-hybridized carbons (Fsp3) is 0.214. The minimum Gasteiger partial charge on any atom is -0.207 e. The Labute approximate surface area is 174 Å². The summed E-state index contributed by atoms with van der Waals surface area (Å²) in [5, 5.41) is 0. The Morgan fingerprint density at radius 2 is 1.55 bits per heavy atom. The largest absolute Gasteiger partial charge is 0.207 e. The lowest BCUT2D eigenvalue weighted by molar-refractivity contribution is 0.597. The first-order valence-corrected chi connectivity index (χ1v) is 10.4. The molecule has 148 valence electrons. The minimum absolute atomic E-state index is 0.130. The molecule has 0 aromatic heterocycles. The van der Waals surface area contributed by atoms with Crippen molar-refractivity contribution in [2.75, 3.05) is 0 Å². The highest BCUT2D eigenvalue weighted by Crippen LogP contribution is 2.23. The van der Waals surface area contributed by atoms with Gasteiger partial charge in [-0.1, -0.05) is 98.0 Å². The average molecular weight is 385 g/mol. The van der Waals surface area contributed by atoms with Gasteiger partial charge in [-0.3, -0.25) is 0 Å². The topological polar surface area (TPSA) is 0 Å². The molecule has 3 rings (SSSR count). The molecule has 0 bridgehead atoms. The van der Waals surface area contributed by atoms with Crippen LogP contribution < -0.4 is 0 Å². The summed E-state index contributed by atoms with van der Waals surface area (Å²) in [6.45, 7) is 4.19. The Kier molecular flexibility index (Phi) is 7.58. The summed E-state index contributed by atoms with van der Waals surface area (Å²) in [5.41, 5.74) is 5.36. The predicted molar refractivity (Wildman–Crippen MR) is 123 cm³/mol. The maximum atomic E-state index is 14.6. The summed E-state index contributed by atoms with van der Waals surface area (Å²) in [7, 11) is 0. The molecule has 0 aliphatic heterocycles. The molecule has 0 saturated heterocycles. The van der Waals surface area contributed by atoms with Gasteiger partial charge in [0.2, 0.25) is 0 Å². The summed E-state index contributed by atoms with van der Waals surface area (Å²) in [4.78, 5) is 0. The monoisotopic (exact) mass is 384 g/mol. The molecule has 3 aromatic rings. The summed E-state index contributed by atoms with van der Waals surface area (Å²) < 4.78 is 14.6. The van der Waals surface area contributed by atoms with Gasteiger partial charge in [0.05, 0.1) is 0 Å². The van der Waals surface area contributed by atoms with Crippen LogP contribution in [0.25, 0.3) is 12.2 Å². The van der Waals surface area contributed by atoms with E-state index in [1.54, 1.807) is 6.07 Å². The average Bonchev–Trinajstić information content (AvgIpc) is 2.75. The lowest BCUT2D eigenvalue weighted by Gasteiger charge is -2.13. The fourth-order valence-electron chi connectivity index (χ4n) is 3.47. The van der Waals surface area contributed by atoms with Crippen LogP contribution in [0.2, 0.25) is 0 Å². The van der Waals surface area contributed by atoms with Crippen LogP contribution in [0.15, 0.2) is 84.9 Å². The van der Waals surface area contributed by atoms with Gasteiger partial charge in [-0.25, -0.2) is 4.39 Å². The molecular weight excluding hydrogens is 355 g/mol. The number of rotatable bonds is 8. The van der Waals surface area contributed by atoms with Gasteiger partial charge in [0, 0.05) is 0 Å². The predicted octanol–water partition coefficient (Wildman–Crippen LogP) is 7.85. The van der Waals surface area contributed by atoms with E-state index >= 15 is 0 Å². The quantitative estimate of drug-likeness (QED) is 0.274. The first-order valence-electron chi connectivity index (χ1n) is 10.4. The SMILES string of the molecule is C/C=C/CCc1ccc(/C=C/c2ccc(CC(C)c3ccccc3)c(F)c2)cc1. The van der Waals surface area contributed by atoms with E-state index in [1.807, 2.05) is 49.4 Å². The molecule has 1 atom stereocenters. The smallest absolute Gasteiger partial charge is 0.127 e. The van der Waals surface area contributed by atoms with Crippen molar-refractivity contribution < 1.29 is 4.39 Å². The molecule has 0 spiro atoms.